The highest BCUT2D eigenvalue weighted by molar-refractivity contribution is 5.40. The van der Waals surface area contributed by atoms with Crippen LogP contribution in [0.2, 0.25) is 0 Å². The summed E-state index contributed by atoms with van der Waals surface area (Å²) in [6, 6.07) is 5.84. The molecule has 0 spiro atoms. The van der Waals surface area contributed by atoms with Gasteiger partial charge in [-0.3, -0.25) is 0 Å². The first-order valence-corrected chi connectivity index (χ1v) is 11.7. The summed E-state index contributed by atoms with van der Waals surface area (Å²) in [6.45, 7) is 4.25. The summed E-state index contributed by atoms with van der Waals surface area (Å²) in [6.07, 6.45) is 9.01. The van der Waals surface area contributed by atoms with Crippen LogP contribution in [-0.2, 0) is 6.54 Å². The Morgan fingerprint density at radius 1 is 1.17 bits per heavy atom. The average Bonchev–Trinajstić information content (AvgIpc) is 3.27. The molecule has 0 bridgehead atoms. The number of piperidine rings is 1. The molecular weight excluding hydrogens is 380 g/mol. The van der Waals surface area contributed by atoms with Gasteiger partial charge in [-0.15, -0.1) is 0 Å². The molecule has 0 radical (unpaired) electrons. The Morgan fingerprint density at radius 2 is 1.93 bits per heavy atom. The van der Waals surface area contributed by atoms with Gasteiger partial charge in [-0.25, -0.2) is 0 Å². The van der Waals surface area contributed by atoms with Crippen molar-refractivity contribution in [3.05, 3.63) is 23.8 Å². The zero-order valence-electron chi connectivity index (χ0n) is 18.5. The van der Waals surface area contributed by atoms with Crippen LogP contribution in [0, 0.1) is 5.92 Å². The molecule has 1 aliphatic heterocycles. The Bertz CT molecular complexity index is 613. The summed E-state index contributed by atoms with van der Waals surface area (Å²) in [5.74, 6) is 2.55. The van der Waals surface area contributed by atoms with Crippen LogP contribution < -0.4 is 14.8 Å². The maximum Gasteiger partial charge on any atom is 0.124 e. The van der Waals surface area contributed by atoms with Crippen LogP contribution in [0.15, 0.2) is 18.2 Å². The first-order chi connectivity index (χ1) is 14.6. The molecule has 6 nitrogen and oxygen atoms in total. The summed E-state index contributed by atoms with van der Waals surface area (Å²) in [7, 11) is 1.67. The topological polar surface area (TPSA) is 74.2 Å². The van der Waals surface area contributed by atoms with E-state index >= 15 is 0 Å². The molecule has 30 heavy (non-hydrogen) atoms. The lowest BCUT2D eigenvalue weighted by Gasteiger charge is -2.31. The smallest absolute Gasteiger partial charge is 0.124 e. The number of hydrogen-bond donors (Lipinski definition) is 3. The fourth-order valence-corrected chi connectivity index (χ4v) is 4.64. The first-order valence-electron chi connectivity index (χ1n) is 11.7. The lowest BCUT2D eigenvalue weighted by atomic mass is 10.0. The van der Waals surface area contributed by atoms with Gasteiger partial charge >= 0.3 is 0 Å². The summed E-state index contributed by atoms with van der Waals surface area (Å²) in [5.41, 5.74) is 1.06. The second-order valence-corrected chi connectivity index (χ2v) is 8.94. The van der Waals surface area contributed by atoms with Gasteiger partial charge in [-0.1, -0.05) is 25.7 Å². The van der Waals surface area contributed by atoms with Crippen molar-refractivity contribution in [1.29, 1.82) is 0 Å². The number of aliphatic hydroxyl groups excluding tert-OH is 2. The normalized spacial score (nSPS) is 19.8. The van der Waals surface area contributed by atoms with E-state index in [1.54, 1.807) is 7.11 Å². The van der Waals surface area contributed by atoms with Crippen LogP contribution >= 0.6 is 0 Å². The number of ether oxygens (including phenoxy) is 2. The molecule has 2 aliphatic rings. The highest BCUT2D eigenvalue weighted by Gasteiger charge is 2.20. The molecule has 1 saturated carbocycles. The Kier molecular flexibility index (Phi) is 9.72. The van der Waals surface area contributed by atoms with Gasteiger partial charge in [-0.05, 0) is 56.3 Å². The average molecular weight is 421 g/mol. The van der Waals surface area contributed by atoms with Gasteiger partial charge in [-0.2, -0.15) is 0 Å². The van der Waals surface area contributed by atoms with Crippen LogP contribution in [0.4, 0.5) is 0 Å². The lowest BCUT2D eigenvalue weighted by Crippen LogP contribution is -2.41. The minimum atomic E-state index is -0.547. The Morgan fingerprint density at radius 3 is 2.67 bits per heavy atom. The van der Waals surface area contributed by atoms with Crippen LogP contribution in [0.5, 0.6) is 11.5 Å². The Balaban J connectivity index is 1.42. The molecule has 3 N–H and O–H groups in total. The third-order valence-electron chi connectivity index (χ3n) is 6.48. The number of benzene rings is 1. The van der Waals surface area contributed by atoms with Crippen molar-refractivity contribution < 1.29 is 19.7 Å². The number of aliphatic hydroxyl groups is 2. The van der Waals surface area contributed by atoms with E-state index in [2.05, 4.69) is 10.2 Å². The van der Waals surface area contributed by atoms with Gasteiger partial charge in [0.05, 0.1) is 13.2 Å². The van der Waals surface area contributed by atoms with Crippen LogP contribution in [0.1, 0.15) is 56.9 Å². The zero-order chi connectivity index (χ0) is 21.2. The van der Waals surface area contributed by atoms with Crippen molar-refractivity contribution >= 4 is 0 Å². The molecule has 1 heterocycles. The number of hydrogen-bond acceptors (Lipinski definition) is 6. The standard InChI is InChI=1S/C24H40N2O4/c1-29-23-8-9-24(30-18-22(28)17-26-13-10-21(27)11-14-26)20(15-23)16-25-12-4-7-19-5-2-3-6-19/h8-9,15,19,21-22,25,27-28H,2-7,10-14,16-18H2,1H3. The molecule has 6 heteroatoms. The molecule has 2 fully saturated rings. The fourth-order valence-electron chi connectivity index (χ4n) is 4.64. The molecule has 1 aromatic carbocycles. The molecule has 170 valence electrons. The van der Waals surface area contributed by atoms with E-state index in [0.717, 1.165) is 62.0 Å². The molecule has 1 unspecified atom stereocenters. The van der Waals surface area contributed by atoms with Gasteiger partial charge in [0.15, 0.2) is 0 Å². The number of β-amino-alcohol motifs (C(OH)–C–C–N with tert-alkyl or cyclic N) is 1. The lowest BCUT2D eigenvalue weighted by molar-refractivity contribution is 0.0336. The van der Waals surface area contributed by atoms with E-state index in [0.29, 0.717) is 6.54 Å². The molecule has 1 atom stereocenters. The quantitative estimate of drug-likeness (QED) is 0.452. The van der Waals surface area contributed by atoms with Crippen LogP contribution in [0.3, 0.4) is 0 Å². The minimum absolute atomic E-state index is 0.192. The summed E-state index contributed by atoms with van der Waals surface area (Å²) < 4.78 is 11.4. The Hall–Kier alpha value is -1.34. The predicted molar refractivity (Wildman–Crippen MR) is 119 cm³/mol. The molecule has 0 aromatic heterocycles. The van der Waals surface area contributed by atoms with Gasteiger partial charge in [0, 0.05) is 31.7 Å². The summed E-state index contributed by atoms with van der Waals surface area (Å²) >= 11 is 0. The maximum atomic E-state index is 10.4. The highest BCUT2D eigenvalue weighted by atomic mass is 16.5. The number of rotatable bonds is 12. The molecule has 1 saturated heterocycles. The molecule has 0 amide bonds. The number of methoxy groups -OCH3 is 1. The predicted octanol–water partition coefficient (Wildman–Crippen LogP) is 2.95. The van der Waals surface area contributed by atoms with Crippen molar-refractivity contribution in [3.8, 4) is 11.5 Å². The summed E-state index contributed by atoms with van der Waals surface area (Å²) in [4.78, 5) is 2.20. The van der Waals surface area contributed by atoms with Crippen molar-refractivity contribution in [2.24, 2.45) is 5.92 Å². The van der Waals surface area contributed by atoms with E-state index < -0.39 is 6.10 Å². The molecule has 3 rings (SSSR count). The van der Waals surface area contributed by atoms with E-state index in [-0.39, 0.29) is 12.7 Å². The second-order valence-electron chi connectivity index (χ2n) is 8.94. The largest absolute Gasteiger partial charge is 0.497 e. The maximum absolute atomic E-state index is 10.4. The number of nitrogens with one attached hydrogen (secondary N) is 1. The van der Waals surface area contributed by atoms with Gasteiger partial charge in [0.25, 0.3) is 0 Å². The van der Waals surface area contributed by atoms with Gasteiger partial charge in [0.2, 0.25) is 0 Å². The van der Waals surface area contributed by atoms with Crippen LogP contribution in [0.25, 0.3) is 0 Å². The highest BCUT2D eigenvalue weighted by Crippen LogP contribution is 2.28. The van der Waals surface area contributed by atoms with Crippen LogP contribution in [-0.4, -0.2) is 67.2 Å². The fraction of sp³-hybridized carbons (Fsp3) is 0.750. The van der Waals surface area contributed by atoms with Crippen molar-refractivity contribution in [2.45, 2.75) is 70.1 Å². The molecule has 1 aromatic rings. The molecular formula is C24H40N2O4. The monoisotopic (exact) mass is 420 g/mol. The van der Waals surface area contributed by atoms with E-state index in [4.69, 9.17) is 9.47 Å². The number of likely N-dealkylation sites (tertiary alicyclic amines) is 1. The van der Waals surface area contributed by atoms with Crippen molar-refractivity contribution in [3.63, 3.8) is 0 Å². The minimum Gasteiger partial charge on any atom is -0.497 e. The van der Waals surface area contributed by atoms with Gasteiger partial charge in [0.1, 0.15) is 24.2 Å². The summed E-state index contributed by atoms with van der Waals surface area (Å²) in [5, 5.41) is 23.6. The molecule has 1 aliphatic carbocycles. The Labute approximate surface area is 181 Å². The van der Waals surface area contributed by atoms with Crippen molar-refractivity contribution in [2.75, 3.05) is 39.9 Å². The van der Waals surface area contributed by atoms with E-state index in [1.165, 1.54) is 38.5 Å². The van der Waals surface area contributed by atoms with E-state index in [1.807, 2.05) is 18.2 Å². The van der Waals surface area contributed by atoms with Gasteiger partial charge < -0.3 is 29.9 Å². The zero-order valence-corrected chi connectivity index (χ0v) is 18.5. The number of nitrogens with zero attached hydrogens (tertiary/aromatic N) is 1. The third-order valence-corrected chi connectivity index (χ3v) is 6.48. The third kappa shape index (κ3) is 7.73. The first kappa shape index (κ1) is 23.3. The second kappa shape index (κ2) is 12.5. The van der Waals surface area contributed by atoms with Crippen molar-refractivity contribution in [1.82, 2.24) is 10.2 Å². The van der Waals surface area contributed by atoms with E-state index in [9.17, 15) is 10.2 Å². The SMILES string of the molecule is COc1ccc(OCC(O)CN2CCC(O)CC2)c(CNCCCC2CCCC2)c1.